The highest BCUT2D eigenvalue weighted by Crippen LogP contribution is 2.24. The Bertz CT molecular complexity index is 340. The standard InChI is InChI=1S/C11H19N3O2/c1-8-4-3-5-10(7-15)14(8)6-11-13-12-9(2)16-11/h8,10,15H,3-7H2,1-2H3. The Morgan fingerprint density at radius 3 is 2.88 bits per heavy atom. The highest BCUT2D eigenvalue weighted by molar-refractivity contribution is 4.87. The maximum Gasteiger partial charge on any atom is 0.230 e. The molecule has 2 atom stereocenters. The minimum absolute atomic E-state index is 0.206. The number of aromatic nitrogens is 2. The monoisotopic (exact) mass is 225 g/mol. The van der Waals surface area contributed by atoms with Gasteiger partial charge in [0.25, 0.3) is 0 Å². The second-order valence-electron chi connectivity index (χ2n) is 4.50. The maximum atomic E-state index is 9.35. The number of rotatable bonds is 3. The maximum absolute atomic E-state index is 9.35. The van der Waals surface area contributed by atoms with Gasteiger partial charge in [-0.2, -0.15) is 0 Å². The van der Waals surface area contributed by atoms with Crippen molar-refractivity contribution >= 4 is 0 Å². The number of aliphatic hydroxyl groups excluding tert-OH is 1. The Kier molecular flexibility index (Phi) is 3.56. The number of nitrogens with zero attached hydrogens (tertiary/aromatic N) is 3. The van der Waals surface area contributed by atoms with E-state index in [-0.39, 0.29) is 12.6 Å². The van der Waals surface area contributed by atoms with E-state index in [2.05, 4.69) is 22.0 Å². The highest BCUT2D eigenvalue weighted by atomic mass is 16.4. The third-order valence-electron chi connectivity index (χ3n) is 3.29. The van der Waals surface area contributed by atoms with Crippen LogP contribution in [0.3, 0.4) is 0 Å². The van der Waals surface area contributed by atoms with Gasteiger partial charge in [-0.3, -0.25) is 4.90 Å². The molecule has 0 aliphatic carbocycles. The minimum Gasteiger partial charge on any atom is -0.424 e. The minimum atomic E-state index is 0.206. The van der Waals surface area contributed by atoms with E-state index in [9.17, 15) is 5.11 Å². The average Bonchev–Trinajstić information content (AvgIpc) is 2.67. The first kappa shape index (κ1) is 11.5. The SMILES string of the molecule is Cc1nnc(CN2C(C)CCCC2CO)o1. The molecule has 2 rings (SSSR count). The van der Waals surface area contributed by atoms with E-state index in [0.717, 1.165) is 6.42 Å². The lowest BCUT2D eigenvalue weighted by molar-refractivity contribution is 0.0383. The summed E-state index contributed by atoms with van der Waals surface area (Å²) in [6.07, 6.45) is 3.41. The lowest BCUT2D eigenvalue weighted by Crippen LogP contribution is -2.46. The Morgan fingerprint density at radius 1 is 1.44 bits per heavy atom. The van der Waals surface area contributed by atoms with Gasteiger partial charge < -0.3 is 9.52 Å². The molecule has 90 valence electrons. The van der Waals surface area contributed by atoms with E-state index >= 15 is 0 Å². The van der Waals surface area contributed by atoms with Crippen molar-refractivity contribution in [3.63, 3.8) is 0 Å². The summed E-state index contributed by atoms with van der Waals surface area (Å²) in [4.78, 5) is 2.26. The third kappa shape index (κ3) is 2.41. The van der Waals surface area contributed by atoms with Gasteiger partial charge in [-0.1, -0.05) is 6.42 Å². The van der Waals surface area contributed by atoms with Gasteiger partial charge in [0.05, 0.1) is 13.2 Å². The van der Waals surface area contributed by atoms with E-state index in [4.69, 9.17) is 4.42 Å². The molecule has 0 saturated carbocycles. The summed E-state index contributed by atoms with van der Waals surface area (Å²) >= 11 is 0. The fourth-order valence-electron chi connectivity index (χ4n) is 2.38. The van der Waals surface area contributed by atoms with Gasteiger partial charge in [0.2, 0.25) is 11.8 Å². The van der Waals surface area contributed by atoms with Crippen molar-refractivity contribution in [3.8, 4) is 0 Å². The predicted octanol–water partition coefficient (Wildman–Crippen LogP) is 1.11. The molecular formula is C11H19N3O2. The number of piperidine rings is 1. The largest absolute Gasteiger partial charge is 0.424 e. The van der Waals surface area contributed by atoms with Crippen LogP contribution in [0.1, 0.15) is 38.0 Å². The first-order chi connectivity index (χ1) is 7.70. The van der Waals surface area contributed by atoms with Gasteiger partial charge >= 0.3 is 0 Å². The lowest BCUT2D eigenvalue weighted by atomic mass is 9.97. The first-order valence-corrected chi connectivity index (χ1v) is 5.86. The molecule has 5 heteroatoms. The zero-order valence-electron chi connectivity index (χ0n) is 9.89. The molecule has 16 heavy (non-hydrogen) atoms. The highest BCUT2D eigenvalue weighted by Gasteiger charge is 2.28. The number of aliphatic hydroxyl groups is 1. The molecule has 2 heterocycles. The van der Waals surface area contributed by atoms with Gasteiger partial charge in [0.1, 0.15) is 0 Å². The molecule has 1 aliphatic heterocycles. The van der Waals surface area contributed by atoms with E-state index < -0.39 is 0 Å². The topological polar surface area (TPSA) is 62.4 Å². The third-order valence-corrected chi connectivity index (χ3v) is 3.29. The molecule has 0 spiro atoms. The number of hydrogen-bond donors (Lipinski definition) is 1. The van der Waals surface area contributed by atoms with E-state index in [1.54, 1.807) is 6.92 Å². The van der Waals surface area contributed by atoms with Crippen molar-refractivity contribution in [1.82, 2.24) is 15.1 Å². The average molecular weight is 225 g/mol. The summed E-state index contributed by atoms with van der Waals surface area (Å²) in [6, 6.07) is 0.703. The summed E-state index contributed by atoms with van der Waals surface area (Å²) in [5.41, 5.74) is 0. The van der Waals surface area contributed by atoms with Crippen LogP contribution in [0.4, 0.5) is 0 Å². The number of aryl methyl sites for hydroxylation is 1. The molecule has 1 N–H and O–H groups in total. The molecule has 1 aromatic rings. The second-order valence-corrected chi connectivity index (χ2v) is 4.50. The van der Waals surface area contributed by atoms with Gasteiger partial charge in [-0.15, -0.1) is 10.2 Å². The van der Waals surface area contributed by atoms with E-state index in [1.165, 1.54) is 12.8 Å². The molecule has 0 radical (unpaired) electrons. The molecular weight excluding hydrogens is 206 g/mol. The van der Waals surface area contributed by atoms with Gasteiger partial charge in [0, 0.05) is 19.0 Å². The smallest absolute Gasteiger partial charge is 0.230 e. The Hall–Kier alpha value is -0.940. The molecule has 1 fully saturated rings. The molecule has 0 amide bonds. The quantitative estimate of drug-likeness (QED) is 0.835. The normalized spacial score (nSPS) is 27.2. The summed E-state index contributed by atoms with van der Waals surface area (Å²) < 4.78 is 5.38. The number of hydrogen-bond acceptors (Lipinski definition) is 5. The molecule has 0 bridgehead atoms. The molecule has 2 unspecified atom stereocenters. The van der Waals surface area contributed by atoms with Crippen LogP contribution in [0.25, 0.3) is 0 Å². The van der Waals surface area contributed by atoms with Crippen LogP contribution in [0.2, 0.25) is 0 Å². The van der Waals surface area contributed by atoms with Crippen LogP contribution < -0.4 is 0 Å². The molecule has 1 saturated heterocycles. The van der Waals surface area contributed by atoms with E-state index in [0.29, 0.717) is 24.4 Å². The fourth-order valence-corrected chi connectivity index (χ4v) is 2.38. The van der Waals surface area contributed by atoms with Crippen LogP contribution in [0.5, 0.6) is 0 Å². The summed E-state index contributed by atoms with van der Waals surface area (Å²) in [5, 5.41) is 17.2. The number of likely N-dealkylation sites (tertiary alicyclic amines) is 1. The molecule has 1 aliphatic rings. The summed E-state index contributed by atoms with van der Waals surface area (Å²) in [5.74, 6) is 1.24. The van der Waals surface area contributed by atoms with Crippen LogP contribution in [-0.4, -0.2) is 38.9 Å². The lowest BCUT2D eigenvalue weighted by Gasteiger charge is -2.38. The van der Waals surface area contributed by atoms with Crippen molar-refractivity contribution in [3.05, 3.63) is 11.8 Å². The van der Waals surface area contributed by atoms with Crippen LogP contribution in [0, 0.1) is 6.92 Å². The zero-order valence-corrected chi connectivity index (χ0v) is 9.89. The predicted molar refractivity (Wildman–Crippen MR) is 58.8 cm³/mol. The van der Waals surface area contributed by atoms with Crippen molar-refractivity contribution in [2.75, 3.05) is 6.61 Å². The van der Waals surface area contributed by atoms with Crippen molar-refractivity contribution in [1.29, 1.82) is 0 Å². The van der Waals surface area contributed by atoms with Crippen molar-refractivity contribution in [2.24, 2.45) is 0 Å². The molecule has 0 aromatic carbocycles. The Labute approximate surface area is 95.5 Å². The molecule has 5 nitrogen and oxygen atoms in total. The van der Waals surface area contributed by atoms with Crippen LogP contribution in [0.15, 0.2) is 4.42 Å². The van der Waals surface area contributed by atoms with Gasteiger partial charge in [0.15, 0.2) is 0 Å². The van der Waals surface area contributed by atoms with Crippen LogP contribution >= 0.6 is 0 Å². The van der Waals surface area contributed by atoms with Crippen molar-refractivity contribution in [2.45, 2.75) is 51.7 Å². The van der Waals surface area contributed by atoms with E-state index in [1.807, 2.05) is 0 Å². The van der Waals surface area contributed by atoms with Gasteiger partial charge in [-0.05, 0) is 19.8 Å². The zero-order chi connectivity index (χ0) is 11.5. The summed E-state index contributed by atoms with van der Waals surface area (Å²) in [6.45, 7) is 4.83. The van der Waals surface area contributed by atoms with Gasteiger partial charge in [-0.25, -0.2) is 0 Å². The first-order valence-electron chi connectivity index (χ1n) is 5.86. The Morgan fingerprint density at radius 2 is 2.25 bits per heavy atom. The second kappa shape index (κ2) is 4.93. The summed E-state index contributed by atoms with van der Waals surface area (Å²) in [7, 11) is 0. The van der Waals surface area contributed by atoms with Crippen molar-refractivity contribution < 1.29 is 9.52 Å². The van der Waals surface area contributed by atoms with Crippen LogP contribution in [-0.2, 0) is 6.54 Å². The molecule has 1 aromatic heterocycles. The fraction of sp³-hybridized carbons (Fsp3) is 0.818. The Balaban J connectivity index is 2.05.